The number of non-ortho nitro benzene ring substituents is 1. The molecule has 7 nitrogen and oxygen atoms in total. The Morgan fingerprint density at radius 3 is 2.38 bits per heavy atom. The molecule has 0 heterocycles. The zero-order valence-corrected chi connectivity index (χ0v) is 15.5. The number of hydrogen-bond donors (Lipinski definition) is 2. The van der Waals surface area contributed by atoms with Crippen LogP contribution in [0.25, 0.3) is 0 Å². The van der Waals surface area contributed by atoms with Gasteiger partial charge in [0.25, 0.3) is 11.6 Å². The van der Waals surface area contributed by atoms with E-state index in [1.165, 1.54) is 23.1 Å². The van der Waals surface area contributed by atoms with E-state index in [0.717, 1.165) is 11.3 Å². The van der Waals surface area contributed by atoms with Crippen LogP contribution < -0.4 is 15.1 Å². The summed E-state index contributed by atoms with van der Waals surface area (Å²) in [6.45, 7) is 0.436. The lowest BCUT2D eigenvalue weighted by Crippen LogP contribution is -3.07. The molecule has 0 bridgehead atoms. The molecule has 1 atom stereocenters. The standard InChI is InChI=1S/C19H24N4O3/c1-21(2)16-10-8-14(9-11-16)18(22(3)4)13-20-19(24)15-6-5-7-17(12-15)23(25)26/h5-12,18H,13H2,1-4H3,(H,20,24)/p+1/t18-/m1/s1. The molecule has 0 aliphatic rings. The average Bonchev–Trinajstić information content (AvgIpc) is 2.62. The molecule has 7 heteroatoms. The monoisotopic (exact) mass is 357 g/mol. The molecule has 0 fully saturated rings. The van der Waals surface area contributed by atoms with E-state index >= 15 is 0 Å². The molecule has 138 valence electrons. The second kappa shape index (κ2) is 8.44. The number of nitro groups is 1. The number of nitrogens with zero attached hydrogens (tertiary/aromatic N) is 2. The molecule has 2 rings (SSSR count). The highest BCUT2D eigenvalue weighted by atomic mass is 16.6. The Bertz CT molecular complexity index is 773. The van der Waals surface area contributed by atoms with E-state index in [4.69, 9.17) is 0 Å². The van der Waals surface area contributed by atoms with Gasteiger partial charge in [-0.3, -0.25) is 14.9 Å². The third-order valence-electron chi connectivity index (χ3n) is 4.29. The maximum absolute atomic E-state index is 12.4. The van der Waals surface area contributed by atoms with Crippen molar-refractivity contribution in [3.63, 3.8) is 0 Å². The van der Waals surface area contributed by atoms with Crippen LogP contribution in [0, 0.1) is 10.1 Å². The predicted octanol–water partition coefficient (Wildman–Crippen LogP) is 1.28. The fraction of sp³-hybridized carbons (Fsp3) is 0.316. The first-order chi connectivity index (χ1) is 12.3. The molecule has 0 unspecified atom stereocenters. The van der Waals surface area contributed by atoms with Crippen molar-refractivity contribution in [3.05, 3.63) is 69.8 Å². The van der Waals surface area contributed by atoms with Gasteiger partial charge in [0, 0.05) is 43.0 Å². The molecule has 2 aromatic carbocycles. The Kier molecular flexibility index (Phi) is 6.30. The summed E-state index contributed by atoms with van der Waals surface area (Å²) in [7, 11) is 8.04. The fourth-order valence-corrected chi connectivity index (χ4v) is 2.72. The molecule has 0 radical (unpaired) electrons. The summed E-state index contributed by atoms with van der Waals surface area (Å²) in [4.78, 5) is 25.9. The summed E-state index contributed by atoms with van der Waals surface area (Å²) in [5.41, 5.74) is 2.43. The lowest BCUT2D eigenvalue weighted by atomic mass is 10.0. The first kappa shape index (κ1) is 19.4. The molecule has 0 spiro atoms. The van der Waals surface area contributed by atoms with Gasteiger partial charge in [0.1, 0.15) is 6.04 Å². The van der Waals surface area contributed by atoms with Crippen molar-refractivity contribution in [2.24, 2.45) is 0 Å². The Morgan fingerprint density at radius 1 is 1.19 bits per heavy atom. The van der Waals surface area contributed by atoms with E-state index in [1.807, 2.05) is 45.2 Å². The van der Waals surface area contributed by atoms with Crippen LogP contribution >= 0.6 is 0 Å². The van der Waals surface area contributed by atoms with Crippen LogP contribution in [0.1, 0.15) is 22.0 Å². The Balaban J connectivity index is 2.09. The van der Waals surface area contributed by atoms with Crippen LogP contribution in [0.5, 0.6) is 0 Å². The van der Waals surface area contributed by atoms with Gasteiger partial charge in [-0.15, -0.1) is 0 Å². The molecule has 0 aromatic heterocycles. The molecule has 0 aliphatic carbocycles. The largest absolute Gasteiger partial charge is 0.378 e. The zero-order valence-electron chi connectivity index (χ0n) is 15.5. The van der Waals surface area contributed by atoms with E-state index in [-0.39, 0.29) is 23.2 Å². The van der Waals surface area contributed by atoms with Crippen LogP contribution in [0.3, 0.4) is 0 Å². The molecular formula is C19H25N4O3+. The number of rotatable bonds is 7. The second-order valence-corrected chi connectivity index (χ2v) is 6.63. The van der Waals surface area contributed by atoms with E-state index < -0.39 is 4.92 Å². The Morgan fingerprint density at radius 2 is 1.85 bits per heavy atom. The van der Waals surface area contributed by atoms with Gasteiger partial charge in [-0.2, -0.15) is 0 Å². The quantitative estimate of drug-likeness (QED) is 0.578. The van der Waals surface area contributed by atoms with Crippen molar-refractivity contribution in [1.29, 1.82) is 0 Å². The third-order valence-corrected chi connectivity index (χ3v) is 4.29. The van der Waals surface area contributed by atoms with Crippen LogP contribution in [0.4, 0.5) is 11.4 Å². The van der Waals surface area contributed by atoms with Crippen molar-refractivity contribution < 1.29 is 14.6 Å². The van der Waals surface area contributed by atoms with Gasteiger partial charge >= 0.3 is 0 Å². The minimum Gasteiger partial charge on any atom is -0.378 e. The molecule has 1 amide bonds. The summed E-state index contributed by atoms with van der Waals surface area (Å²) in [5.74, 6) is -0.315. The fourth-order valence-electron chi connectivity index (χ4n) is 2.72. The zero-order chi connectivity index (χ0) is 19.3. The normalized spacial score (nSPS) is 11.9. The van der Waals surface area contributed by atoms with Crippen LogP contribution in [0.15, 0.2) is 48.5 Å². The molecule has 2 aromatic rings. The van der Waals surface area contributed by atoms with Gasteiger partial charge in [-0.25, -0.2) is 0 Å². The lowest BCUT2D eigenvalue weighted by molar-refractivity contribution is -0.890. The van der Waals surface area contributed by atoms with Gasteiger partial charge in [0.05, 0.1) is 25.6 Å². The predicted molar refractivity (Wildman–Crippen MR) is 102 cm³/mol. The molecule has 0 saturated heterocycles. The van der Waals surface area contributed by atoms with Crippen LogP contribution in [-0.4, -0.2) is 45.6 Å². The Hall–Kier alpha value is -2.93. The summed E-state index contributed by atoms with van der Waals surface area (Å²) >= 11 is 0. The minimum absolute atomic E-state index is 0.0776. The molecule has 26 heavy (non-hydrogen) atoms. The second-order valence-electron chi connectivity index (χ2n) is 6.63. The van der Waals surface area contributed by atoms with Gasteiger partial charge in [-0.05, 0) is 18.2 Å². The number of carbonyl (C=O) groups is 1. The molecule has 0 saturated carbocycles. The average molecular weight is 357 g/mol. The van der Waals surface area contributed by atoms with Gasteiger partial charge < -0.3 is 15.1 Å². The van der Waals surface area contributed by atoms with Gasteiger partial charge in [-0.1, -0.05) is 18.2 Å². The number of benzene rings is 2. The first-order valence-corrected chi connectivity index (χ1v) is 8.39. The smallest absolute Gasteiger partial charge is 0.270 e. The molecule has 0 aliphatic heterocycles. The minimum atomic E-state index is -0.504. The van der Waals surface area contributed by atoms with Crippen molar-refractivity contribution in [1.82, 2.24) is 5.32 Å². The van der Waals surface area contributed by atoms with E-state index in [9.17, 15) is 14.9 Å². The number of likely N-dealkylation sites (N-methyl/N-ethyl adjacent to an activating group) is 1. The third kappa shape index (κ3) is 4.80. The van der Waals surface area contributed by atoms with E-state index in [0.29, 0.717) is 6.54 Å². The number of nitro benzene ring substituents is 1. The summed E-state index contributed by atoms with van der Waals surface area (Å²) in [6.07, 6.45) is 0. The van der Waals surface area contributed by atoms with Gasteiger partial charge in [0.2, 0.25) is 0 Å². The van der Waals surface area contributed by atoms with Crippen LogP contribution in [-0.2, 0) is 0 Å². The number of amides is 1. The van der Waals surface area contributed by atoms with Crippen molar-refractivity contribution in [2.45, 2.75) is 6.04 Å². The number of quaternary nitrogens is 1. The first-order valence-electron chi connectivity index (χ1n) is 8.39. The maximum atomic E-state index is 12.4. The molecule has 2 N–H and O–H groups in total. The van der Waals surface area contributed by atoms with Crippen molar-refractivity contribution in [2.75, 3.05) is 39.6 Å². The van der Waals surface area contributed by atoms with Crippen LogP contribution in [0.2, 0.25) is 0 Å². The summed E-state index contributed by atoms with van der Waals surface area (Å²) < 4.78 is 0. The summed E-state index contributed by atoms with van der Waals surface area (Å²) in [5, 5.41) is 13.7. The van der Waals surface area contributed by atoms with Gasteiger partial charge in [0.15, 0.2) is 0 Å². The highest BCUT2D eigenvalue weighted by molar-refractivity contribution is 5.94. The van der Waals surface area contributed by atoms with E-state index in [2.05, 4.69) is 17.4 Å². The lowest BCUT2D eigenvalue weighted by Gasteiger charge is -2.23. The number of hydrogen-bond acceptors (Lipinski definition) is 4. The highest BCUT2D eigenvalue weighted by Gasteiger charge is 2.20. The maximum Gasteiger partial charge on any atom is 0.270 e. The summed E-state index contributed by atoms with van der Waals surface area (Å²) in [6, 6.07) is 14.1. The highest BCUT2D eigenvalue weighted by Crippen LogP contribution is 2.17. The number of anilines is 1. The molecular weight excluding hydrogens is 332 g/mol. The number of carbonyl (C=O) groups excluding carboxylic acids is 1. The number of nitrogens with one attached hydrogen (secondary N) is 2. The SMILES string of the molecule is CN(C)c1ccc([C@@H](CNC(=O)c2cccc([N+](=O)[O-])c2)[NH+](C)C)cc1. The Labute approximate surface area is 153 Å². The van der Waals surface area contributed by atoms with Crippen molar-refractivity contribution in [3.8, 4) is 0 Å². The topological polar surface area (TPSA) is 79.9 Å². The van der Waals surface area contributed by atoms with Crippen molar-refractivity contribution >= 4 is 17.3 Å². The van der Waals surface area contributed by atoms with E-state index in [1.54, 1.807) is 6.07 Å².